The first kappa shape index (κ1) is 17.6. The molecule has 2 aromatic carbocycles. The predicted molar refractivity (Wildman–Crippen MR) is 101 cm³/mol. The quantitative estimate of drug-likeness (QED) is 0.660. The summed E-state index contributed by atoms with van der Waals surface area (Å²) in [4.78, 5) is 27.9. The number of benzene rings is 2. The highest BCUT2D eigenvalue weighted by atomic mass is 35.5. The van der Waals surface area contributed by atoms with Crippen molar-refractivity contribution in [2.75, 3.05) is 0 Å². The standard InChI is InChI=1S/C20H15ClN2O3/c1-13(24)22-17(11-14-6-3-2-4-7-14)19-23-18(20(25)26-19)12-15-8-5-9-16(21)10-15/h2-12H,1H3,(H,22,24). The Kier molecular flexibility index (Phi) is 5.29. The van der Waals surface area contributed by atoms with Crippen LogP contribution in [0, 0.1) is 0 Å². The Morgan fingerprint density at radius 1 is 1.12 bits per heavy atom. The van der Waals surface area contributed by atoms with Gasteiger partial charge in [-0.25, -0.2) is 9.79 Å². The van der Waals surface area contributed by atoms with Gasteiger partial charge in [-0.1, -0.05) is 54.1 Å². The average Bonchev–Trinajstić information content (AvgIpc) is 2.96. The van der Waals surface area contributed by atoms with Crippen LogP contribution in [-0.2, 0) is 14.3 Å². The number of hydrogen-bond donors (Lipinski definition) is 1. The van der Waals surface area contributed by atoms with E-state index < -0.39 is 5.97 Å². The molecule has 26 heavy (non-hydrogen) atoms. The maximum absolute atomic E-state index is 12.1. The van der Waals surface area contributed by atoms with Crippen LogP contribution in [0.15, 0.2) is 71.0 Å². The van der Waals surface area contributed by atoms with Gasteiger partial charge in [0.2, 0.25) is 11.8 Å². The van der Waals surface area contributed by atoms with Crippen LogP contribution in [0.1, 0.15) is 18.1 Å². The van der Waals surface area contributed by atoms with Gasteiger partial charge in [-0.15, -0.1) is 0 Å². The number of nitrogens with zero attached hydrogens (tertiary/aromatic N) is 1. The summed E-state index contributed by atoms with van der Waals surface area (Å²) in [6, 6.07) is 16.4. The van der Waals surface area contributed by atoms with Crippen molar-refractivity contribution < 1.29 is 14.3 Å². The van der Waals surface area contributed by atoms with Crippen molar-refractivity contribution in [3.63, 3.8) is 0 Å². The van der Waals surface area contributed by atoms with E-state index in [0.29, 0.717) is 10.7 Å². The van der Waals surface area contributed by atoms with Crippen molar-refractivity contribution in [2.24, 2.45) is 4.99 Å². The molecule has 3 rings (SSSR count). The lowest BCUT2D eigenvalue weighted by atomic mass is 10.2. The van der Waals surface area contributed by atoms with Crippen LogP contribution in [-0.4, -0.2) is 17.8 Å². The van der Waals surface area contributed by atoms with E-state index in [0.717, 1.165) is 11.1 Å². The second-order valence-electron chi connectivity index (χ2n) is 5.54. The molecule has 0 atom stereocenters. The summed E-state index contributed by atoms with van der Waals surface area (Å²) in [6.45, 7) is 1.37. The molecule has 1 amide bonds. The van der Waals surface area contributed by atoms with E-state index >= 15 is 0 Å². The van der Waals surface area contributed by atoms with Gasteiger partial charge >= 0.3 is 5.97 Å². The van der Waals surface area contributed by atoms with Gasteiger partial charge in [0, 0.05) is 11.9 Å². The van der Waals surface area contributed by atoms with Crippen LogP contribution < -0.4 is 5.32 Å². The highest BCUT2D eigenvalue weighted by Gasteiger charge is 2.26. The van der Waals surface area contributed by atoms with E-state index in [2.05, 4.69) is 10.3 Å². The largest absolute Gasteiger partial charge is 0.400 e. The minimum Gasteiger partial charge on any atom is -0.400 e. The Hall–Kier alpha value is -3.18. The van der Waals surface area contributed by atoms with Crippen LogP contribution in [0.4, 0.5) is 0 Å². The number of hydrogen-bond acceptors (Lipinski definition) is 4. The van der Waals surface area contributed by atoms with Crippen molar-refractivity contribution in [3.8, 4) is 0 Å². The normalized spacial score (nSPS) is 15.6. The lowest BCUT2D eigenvalue weighted by Gasteiger charge is -2.06. The van der Waals surface area contributed by atoms with Gasteiger partial charge in [0.15, 0.2) is 5.70 Å². The van der Waals surface area contributed by atoms with E-state index in [1.165, 1.54) is 6.92 Å². The number of aliphatic imine (C=N–C) groups is 1. The van der Waals surface area contributed by atoms with Crippen LogP contribution >= 0.6 is 11.6 Å². The molecule has 0 aromatic heterocycles. The fraction of sp³-hybridized carbons (Fsp3) is 0.0500. The average molecular weight is 367 g/mol. The van der Waals surface area contributed by atoms with Gasteiger partial charge in [0.25, 0.3) is 0 Å². The number of amides is 1. The molecule has 1 aliphatic heterocycles. The number of ether oxygens (including phenoxy) is 1. The van der Waals surface area contributed by atoms with E-state index in [-0.39, 0.29) is 17.5 Å². The molecule has 1 heterocycles. The molecule has 0 spiro atoms. The van der Waals surface area contributed by atoms with Gasteiger partial charge in [0.1, 0.15) is 5.70 Å². The summed E-state index contributed by atoms with van der Waals surface area (Å²) in [6.07, 6.45) is 3.27. The second-order valence-corrected chi connectivity index (χ2v) is 5.98. The maximum atomic E-state index is 12.1. The fourth-order valence-electron chi connectivity index (χ4n) is 2.34. The maximum Gasteiger partial charge on any atom is 0.363 e. The Balaban J connectivity index is 1.96. The smallest absolute Gasteiger partial charge is 0.363 e. The molecule has 0 bridgehead atoms. The Bertz CT molecular complexity index is 947. The van der Waals surface area contributed by atoms with Crippen molar-refractivity contribution in [3.05, 3.63) is 82.1 Å². The Labute approximate surface area is 155 Å². The minimum absolute atomic E-state index is 0.0438. The monoisotopic (exact) mass is 366 g/mol. The first-order chi connectivity index (χ1) is 12.5. The predicted octanol–water partition coefficient (Wildman–Crippen LogP) is 3.81. The van der Waals surface area contributed by atoms with Crippen LogP contribution in [0.25, 0.3) is 12.2 Å². The zero-order valence-corrected chi connectivity index (χ0v) is 14.7. The van der Waals surface area contributed by atoms with E-state index in [4.69, 9.17) is 16.3 Å². The molecule has 0 aliphatic carbocycles. The zero-order chi connectivity index (χ0) is 18.5. The highest BCUT2D eigenvalue weighted by Crippen LogP contribution is 2.20. The molecule has 0 unspecified atom stereocenters. The van der Waals surface area contributed by atoms with Gasteiger partial charge in [0.05, 0.1) is 0 Å². The Morgan fingerprint density at radius 2 is 1.85 bits per heavy atom. The number of rotatable bonds is 4. The van der Waals surface area contributed by atoms with E-state index in [1.807, 2.05) is 30.3 Å². The summed E-state index contributed by atoms with van der Waals surface area (Å²) in [5.74, 6) is -0.843. The topological polar surface area (TPSA) is 67.8 Å². The van der Waals surface area contributed by atoms with Crippen molar-refractivity contribution in [1.82, 2.24) is 5.32 Å². The molecule has 1 N–H and O–H groups in total. The SMILES string of the molecule is CC(=O)NC(=Cc1ccccc1)C1=NC(=Cc2cccc(Cl)c2)C(=O)O1. The molecule has 0 fully saturated rings. The minimum atomic E-state index is -0.593. The first-order valence-electron chi connectivity index (χ1n) is 7.84. The third-order valence-electron chi connectivity index (χ3n) is 3.42. The molecule has 130 valence electrons. The summed E-state index contributed by atoms with van der Waals surface area (Å²) >= 11 is 5.96. The lowest BCUT2D eigenvalue weighted by Crippen LogP contribution is -2.25. The van der Waals surface area contributed by atoms with Crippen molar-refractivity contribution >= 4 is 41.5 Å². The number of carbonyl (C=O) groups excluding carboxylic acids is 2. The van der Waals surface area contributed by atoms with Crippen LogP contribution in [0.5, 0.6) is 0 Å². The lowest BCUT2D eigenvalue weighted by molar-refractivity contribution is -0.130. The third-order valence-corrected chi connectivity index (χ3v) is 3.66. The number of esters is 1. The van der Waals surface area contributed by atoms with Gasteiger partial charge in [-0.05, 0) is 35.4 Å². The molecule has 1 aliphatic rings. The van der Waals surface area contributed by atoms with Gasteiger partial charge in [-0.3, -0.25) is 4.79 Å². The van der Waals surface area contributed by atoms with Crippen LogP contribution in [0.3, 0.4) is 0 Å². The molecule has 2 aromatic rings. The second kappa shape index (κ2) is 7.80. The Morgan fingerprint density at radius 3 is 2.54 bits per heavy atom. The first-order valence-corrected chi connectivity index (χ1v) is 8.22. The van der Waals surface area contributed by atoms with Crippen molar-refractivity contribution in [1.29, 1.82) is 0 Å². The molecular weight excluding hydrogens is 352 g/mol. The molecular formula is C20H15ClN2O3. The highest BCUT2D eigenvalue weighted by molar-refractivity contribution is 6.30. The molecule has 5 nitrogen and oxygen atoms in total. The summed E-state index contributed by atoms with van der Waals surface area (Å²) in [5.41, 5.74) is 2.00. The number of nitrogens with one attached hydrogen (secondary N) is 1. The molecule has 0 saturated carbocycles. The zero-order valence-electron chi connectivity index (χ0n) is 13.9. The number of carbonyl (C=O) groups is 2. The molecule has 6 heteroatoms. The molecule has 0 radical (unpaired) electrons. The van der Waals surface area contributed by atoms with Crippen LogP contribution in [0.2, 0.25) is 5.02 Å². The van der Waals surface area contributed by atoms with Crippen molar-refractivity contribution in [2.45, 2.75) is 6.92 Å². The van der Waals surface area contributed by atoms with E-state index in [1.54, 1.807) is 36.4 Å². The third kappa shape index (κ3) is 4.46. The van der Waals surface area contributed by atoms with E-state index in [9.17, 15) is 9.59 Å². The summed E-state index contributed by atoms with van der Waals surface area (Å²) < 4.78 is 5.24. The summed E-state index contributed by atoms with van der Waals surface area (Å²) in [7, 11) is 0. The summed E-state index contributed by atoms with van der Waals surface area (Å²) in [5, 5.41) is 3.20. The number of halogens is 1. The number of cyclic esters (lactones) is 1. The fourth-order valence-corrected chi connectivity index (χ4v) is 2.53. The molecule has 0 saturated heterocycles. The van der Waals surface area contributed by atoms with Gasteiger partial charge < -0.3 is 10.1 Å². The van der Waals surface area contributed by atoms with Gasteiger partial charge in [-0.2, -0.15) is 0 Å².